The largest absolute Gasteiger partial charge is 0.321 e. The number of rotatable bonds is 3. The normalized spacial score (nSPS) is 10.3. The Morgan fingerprint density at radius 2 is 2.16 bits per heavy atom. The summed E-state index contributed by atoms with van der Waals surface area (Å²) in [6.07, 6.45) is 3.05. The Bertz CT molecular complexity index is 674. The fourth-order valence-corrected chi connectivity index (χ4v) is 1.69. The minimum absolute atomic E-state index is 0.243. The molecule has 2 aromatic heterocycles. The number of benzene rings is 1. The molecule has 19 heavy (non-hydrogen) atoms. The Hall–Kier alpha value is -2.96. The van der Waals surface area contributed by atoms with Gasteiger partial charge in [-0.05, 0) is 18.2 Å². The first-order chi connectivity index (χ1) is 9.33. The minimum Gasteiger partial charge on any atom is -0.321 e. The highest BCUT2D eigenvalue weighted by Gasteiger charge is 2.09. The fourth-order valence-electron chi connectivity index (χ4n) is 1.69. The second-order valence-corrected chi connectivity index (χ2v) is 3.86. The van der Waals surface area contributed by atoms with Crippen LogP contribution in [0.3, 0.4) is 0 Å². The van der Waals surface area contributed by atoms with Crippen LogP contribution in [0.2, 0.25) is 0 Å². The van der Waals surface area contributed by atoms with Gasteiger partial charge < -0.3 is 5.32 Å². The van der Waals surface area contributed by atoms with Crippen molar-refractivity contribution in [1.29, 1.82) is 0 Å². The van der Waals surface area contributed by atoms with Crippen LogP contribution in [0, 0.1) is 0 Å². The number of hydrogen-bond acceptors (Lipinski definition) is 4. The molecule has 0 bridgehead atoms. The molecule has 2 heterocycles. The van der Waals surface area contributed by atoms with Crippen LogP contribution in [0.5, 0.6) is 0 Å². The van der Waals surface area contributed by atoms with Crippen LogP contribution in [0.25, 0.3) is 11.3 Å². The third-order valence-electron chi connectivity index (χ3n) is 2.58. The van der Waals surface area contributed by atoms with Crippen molar-refractivity contribution < 1.29 is 4.79 Å². The molecular formula is C12H10N6O. The number of carbonyl (C=O) groups is 1. The first-order valence-electron chi connectivity index (χ1n) is 5.60. The molecule has 0 spiro atoms. The molecule has 3 rings (SSSR count). The van der Waals surface area contributed by atoms with Crippen LogP contribution in [0.15, 0.2) is 42.7 Å². The molecule has 1 aromatic carbocycles. The van der Waals surface area contributed by atoms with E-state index in [0.717, 1.165) is 11.3 Å². The maximum absolute atomic E-state index is 11.8. The van der Waals surface area contributed by atoms with Gasteiger partial charge in [-0.2, -0.15) is 20.5 Å². The highest BCUT2D eigenvalue weighted by molar-refractivity contribution is 6.02. The summed E-state index contributed by atoms with van der Waals surface area (Å²) in [5.74, 6) is -0.310. The predicted octanol–water partition coefficient (Wildman–Crippen LogP) is 1.45. The van der Waals surface area contributed by atoms with E-state index in [1.54, 1.807) is 12.3 Å². The number of hydrogen-bond donors (Lipinski definition) is 3. The minimum atomic E-state index is -0.310. The third-order valence-corrected chi connectivity index (χ3v) is 2.58. The van der Waals surface area contributed by atoms with Crippen LogP contribution in [-0.4, -0.2) is 31.5 Å². The molecular weight excluding hydrogens is 244 g/mol. The topological polar surface area (TPSA) is 99.4 Å². The molecule has 0 aliphatic rings. The van der Waals surface area contributed by atoms with Gasteiger partial charge in [0.2, 0.25) is 0 Å². The van der Waals surface area contributed by atoms with Crippen molar-refractivity contribution in [2.75, 3.05) is 5.32 Å². The highest BCUT2D eigenvalue weighted by Crippen LogP contribution is 2.20. The van der Waals surface area contributed by atoms with Gasteiger partial charge in [-0.1, -0.05) is 12.1 Å². The van der Waals surface area contributed by atoms with Gasteiger partial charge in [-0.3, -0.25) is 9.89 Å². The number of nitrogens with one attached hydrogen (secondary N) is 3. The van der Waals surface area contributed by atoms with Crippen molar-refractivity contribution in [3.63, 3.8) is 0 Å². The number of anilines is 1. The molecule has 0 atom stereocenters. The summed E-state index contributed by atoms with van der Waals surface area (Å²) in [6.45, 7) is 0. The van der Waals surface area contributed by atoms with E-state index in [2.05, 4.69) is 30.9 Å². The molecule has 0 radical (unpaired) electrons. The lowest BCUT2D eigenvalue weighted by Crippen LogP contribution is -2.12. The second-order valence-electron chi connectivity index (χ2n) is 3.86. The Balaban J connectivity index is 1.82. The standard InChI is InChI=1S/C12H10N6O/c19-12(11-7-14-18-17-11)15-9-3-1-2-8(6-9)10-4-5-13-16-10/h1-7H,(H,13,16)(H,15,19)(H,14,17,18). The lowest BCUT2D eigenvalue weighted by Gasteiger charge is -2.04. The van der Waals surface area contributed by atoms with Gasteiger partial charge in [-0.15, -0.1) is 0 Å². The van der Waals surface area contributed by atoms with Gasteiger partial charge in [0.1, 0.15) is 0 Å². The average molecular weight is 254 g/mol. The zero-order valence-electron chi connectivity index (χ0n) is 9.79. The van der Waals surface area contributed by atoms with Crippen molar-refractivity contribution in [1.82, 2.24) is 25.6 Å². The van der Waals surface area contributed by atoms with Gasteiger partial charge in [0.25, 0.3) is 5.91 Å². The van der Waals surface area contributed by atoms with Crippen LogP contribution in [0.1, 0.15) is 10.5 Å². The zero-order valence-corrected chi connectivity index (χ0v) is 9.79. The van der Waals surface area contributed by atoms with Crippen molar-refractivity contribution in [2.24, 2.45) is 0 Å². The predicted molar refractivity (Wildman–Crippen MR) is 68.4 cm³/mol. The highest BCUT2D eigenvalue weighted by atomic mass is 16.2. The fraction of sp³-hybridized carbons (Fsp3) is 0. The van der Waals surface area contributed by atoms with Gasteiger partial charge in [0.15, 0.2) is 5.69 Å². The van der Waals surface area contributed by atoms with E-state index in [4.69, 9.17) is 0 Å². The van der Waals surface area contributed by atoms with Gasteiger partial charge in [-0.25, -0.2) is 0 Å². The van der Waals surface area contributed by atoms with E-state index in [1.165, 1.54) is 6.20 Å². The molecule has 0 saturated carbocycles. The van der Waals surface area contributed by atoms with E-state index in [0.29, 0.717) is 5.69 Å². The first kappa shape index (κ1) is 11.1. The molecule has 0 unspecified atom stereocenters. The summed E-state index contributed by atoms with van der Waals surface area (Å²) in [6, 6.07) is 9.30. The lowest BCUT2D eigenvalue weighted by molar-refractivity contribution is 0.102. The molecule has 0 aliphatic heterocycles. The average Bonchev–Trinajstić information content (AvgIpc) is 3.13. The van der Waals surface area contributed by atoms with Crippen molar-refractivity contribution in [2.45, 2.75) is 0 Å². The molecule has 0 fully saturated rings. The molecule has 7 nitrogen and oxygen atoms in total. The molecule has 3 N–H and O–H groups in total. The van der Waals surface area contributed by atoms with E-state index >= 15 is 0 Å². The number of H-pyrrole nitrogens is 2. The summed E-state index contributed by atoms with van der Waals surface area (Å²) >= 11 is 0. The molecule has 1 amide bonds. The van der Waals surface area contributed by atoms with Crippen LogP contribution >= 0.6 is 0 Å². The Morgan fingerprint density at radius 1 is 1.21 bits per heavy atom. The van der Waals surface area contributed by atoms with E-state index in [-0.39, 0.29) is 11.6 Å². The molecule has 0 saturated heterocycles. The monoisotopic (exact) mass is 254 g/mol. The maximum atomic E-state index is 11.8. The van der Waals surface area contributed by atoms with Gasteiger partial charge >= 0.3 is 0 Å². The number of aromatic amines is 2. The SMILES string of the molecule is O=C(Nc1cccc(-c2ccn[nH]2)c1)c1cn[nH]n1. The molecule has 7 heteroatoms. The molecule has 0 aliphatic carbocycles. The third kappa shape index (κ3) is 2.34. The summed E-state index contributed by atoms with van der Waals surface area (Å²) in [5, 5.41) is 19.2. The summed E-state index contributed by atoms with van der Waals surface area (Å²) < 4.78 is 0. The van der Waals surface area contributed by atoms with E-state index < -0.39 is 0 Å². The van der Waals surface area contributed by atoms with Crippen LogP contribution in [-0.2, 0) is 0 Å². The van der Waals surface area contributed by atoms with Crippen LogP contribution < -0.4 is 5.32 Å². The molecule has 94 valence electrons. The number of carbonyl (C=O) groups excluding carboxylic acids is 1. The van der Waals surface area contributed by atoms with Crippen molar-refractivity contribution in [3.05, 3.63) is 48.4 Å². The summed E-state index contributed by atoms with van der Waals surface area (Å²) in [7, 11) is 0. The Kier molecular flexibility index (Phi) is 2.77. The molecule has 3 aromatic rings. The number of aromatic nitrogens is 5. The zero-order chi connectivity index (χ0) is 13.1. The second kappa shape index (κ2) is 4.73. The van der Waals surface area contributed by atoms with Gasteiger partial charge in [0, 0.05) is 17.4 Å². The van der Waals surface area contributed by atoms with Crippen molar-refractivity contribution in [3.8, 4) is 11.3 Å². The van der Waals surface area contributed by atoms with E-state index in [1.807, 2.05) is 24.3 Å². The smallest absolute Gasteiger partial charge is 0.277 e. The quantitative estimate of drug-likeness (QED) is 0.658. The number of amides is 1. The summed E-state index contributed by atoms with van der Waals surface area (Å²) in [5.41, 5.74) is 2.75. The van der Waals surface area contributed by atoms with Crippen LogP contribution in [0.4, 0.5) is 5.69 Å². The number of nitrogens with zero attached hydrogens (tertiary/aromatic N) is 3. The summed E-state index contributed by atoms with van der Waals surface area (Å²) in [4.78, 5) is 11.8. The maximum Gasteiger partial charge on any atom is 0.277 e. The van der Waals surface area contributed by atoms with E-state index in [9.17, 15) is 4.79 Å². The Labute approximate surface area is 108 Å². The van der Waals surface area contributed by atoms with Crippen molar-refractivity contribution >= 4 is 11.6 Å². The van der Waals surface area contributed by atoms with Gasteiger partial charge in [0.05, 0.1) is 11.9 Å². The Morgan fingerprint density at radius 3 is 2.89 bits per heavy atom. The lowest BCUT2D eigenvalue weighted by atomic mass is 10.1. The first-order valence-corrected chi connectivity index (χ1v) is 5.60.